The van der Waals surface area contributed by atoms with E-state index in [1.807, 2.05) is 13.8 Å². The van der Waals surface area contributed by atoms with Gasteiger partial charge >= 0.3 is 0 Å². The number of aliphatic hydroxyl groups excluding tert-OH is 1. The van der Waals surface area contributed by atoms with Crippen molar-refractivity contribution in [3.8, 4) is 0 Å². The number of allylic oxidation sites excluding steroid dienone is 1. The predicted molar refractivity (Wildman–Crippen MR) is 47.7 cm³/mol. The van der Waals surface area contributed by atoms with E-state index in [1.54, 1.807) is 6.08 Å². The van der Waals surface area contributed by atoms with Crippen LogP contribution in [0.2, 0.25) is 0 Å². The summed E-state index contributed by atoms with van der Waals surface area (Å²) >= 11 is 0. The van der Waals surface area contributed by atoms with E-state index in [0.29, 0.717) is 6.42 Å². The van der Waals surface area contributed by atoms with Crippen LogP contribution >= 0.6 is 0 Å². The van der Waals surface area contributed by atoms with Gasteiger partial charge in [0.1, 0.15) is 0 Å². The fourth-order valence-electron chi connectivity index (χ4n) is 1.75. The molecule has 0 amide bonds. The summed E-state index contributed by atoms with van der Waals surface area (Å²) in [6.45, 7) is 3.71. The normalized spacial score (nSPS) is 28.5. The molecule has 1 nitrogen and oxygen atoms in total. The van der Waals surface area contributed by atoms with Gasteiger partial charge in [-0.05, 0) is 26.2 Å². The fraction of sp³-hybridized carbons (Fsp3) is 0.800. The first-order chi connectivity index (χ1) is 5.91. The summed E-state index contributed by atoms with van der Waals surface area (Å²) in [5, 5.41) is 9.54. The van der Waals surface area contributed by atoms with E-state index in [1.165, 1.54) is 0 Å². The molecule has 1 aliphatic carbocycles. The molecule has 13 heavy (non-hydrogen) atoms. The SMILES string of the molecule is CC(C)=CC(O)C1CCC(F)(F)C1. The van der Waals surface area contributed by atoms with Crippen molar-refractivity contribution in [3.05, 3.63) is 11.6 Å². The summed E-state index contributed by atoms with van der Waals surface area (Å²) in [5.74, 6) is -2.81. The molecule has 3 heteroatoms. The van der Waals surface area contributed by atoms with Gasteiger partial charge in [0.2, 0.25) is 5.92 Å². The maximum Gasteiger partial charge on any atom is 0.248 e. The molecule has 0 aromatic heterocycles. The van der Waals surface area contributed by atoms with Crippen LogP contribution in [0.4, 0.5) is 8.78 Å². The van der Waals surface area contributed by atoms with Gasteiger partial charge in [-0.25, -0.2) is 8.78 Å². The summed E-state index contributed by atoms with van der Waals surface area (Å²) < 4.78 is 25.5. The molecule has 0 saturated heterocycles. The molecule has 0 aromatic rings. The van der Waals surface area contributed by atoms with Crippen molar-refractivity contribution >= 4 is 0 Å². The quantitative estimate of drug-likeness (QED) is 0.664. The highest BCUT2D eigenvalue weighted by Crippen LogP contribution is 2.40. The van der Waals surface area contributed by atoms with E-state index in [-0.39, 0.29) is 18.8 Å². The zero-order chi connectivity index (χ0) is 10.1. The van der Waals surface area contributed by atoms with Gasteiger partial charge in [-0.1, -0.05) is 11.6 Å². The molecule has 0 bridgehead atoms. The maximum absolute atomic E-state index is 12.8. The summed E-state index contributed by atoms with van der Waals surface area (Å²) in [6, 6.07) is 0. The first-order valence-corrected chi connectivity index (χ1v) is 4.62. The zero-order valence-electron chi connectivity index (χ0n) is 8.06. The third-order valence-electron chi connectivity index (χ3n) is 2.43. The molecular weight excluding hydrogens is 174 g/mol. The third kappa shape index (κ3) is 3.07. The lowest BCUT2D eigenvalue weighted by molar-refractivity contribution is -0.00128. The van der Waals surface area contributed by atoms with Crippen molar-refractivity contribution in [3.63, 3.8) is 0 Å². The summed E-state index contributed by atoms with van der Waals surface area (Å²) in [5.41, 5.74) is 0.975. The van der Waals surface area contributed by atoms with Crippen molar-refractivity contribution in [2.45, 2.75) is 45.1 Å². The van der Waals surface area contributed by atoms with E-state index < -0.39 is 12.0 Å². The molecule has 0 radical (unpaired) electrons. The molecular formula is C10H16F2O. The van der Waals surface area contributed by atoms with Crippen LogP contribution in [0.15, 0.2) is 11.6 Å². The number of hydrogen-bond donors (Lipinski definition) is 1. The lowest BCUT2D eigenvalue weighted by Gasteiger charge is -2.14. The molecule has 76 valence electrons. The average Bonchev–Trinajstić information content (AvgIpc) is 2.28. The van der Waals surface area contributed by atoms with Gasteiger partial charge in [0, 0.05) is 12.8 Å². The van der Waals surface area contributed by atoms with E-state index in [9.17, 15) is 13.9 Å². The average molecular weight is 190 g/mol. The topological polar surface area (TPSA) is 20.2 Å². The molecule has 2 unspecified atom stereocenters. The Labute approximate surface area is 77.5 Å². The van der Waals surface area contributed by atoms with Crippen LogP contribution in [0.3, 0.4) is 0 Å². The summed E-state index contributed by atoms with van der Waals surface area (Å²) in [7, 11) is 0. The van der Waals surface area contributed by atoms with Gasteiger partial charge in [-0.2, -0.15) is 0 Å². The predicted octanol–water partition coefficient (Wildman–Crippen LogP) is 2.75. The van der Waals surface area contributed by atoms with Crippen LogP contribution in [0.25, 0.3) is 0 Å². The molecule has 0 aromatic carbocycles. The Morgan fingerprint density at radius 3 is 2.54 bits per heavy atom. The minimum Gasteiger partial charge on any atom is -0.389 e. The first kappa shape index (κ1) is 10.6. The van der Waals surface area contributed by atoms with E-state index in [2.05, 4.69) is 0 Å². The van der Waals surface area contributed by atoms with Crippen molar-refractivity contribution in [2.24, 2.45) is 5.92 Å². The fourth-order valence-corrected chi connectivity index (χ4v) is 1.75. The second-order valence-electron chi connectivity index (χ2n) is 4.09. The first-order valence-electron chi connectivity index (χ1n) is 4.62. The van der Waals surface area contributed by atoms with Crippen molar-refractivity contribution in [2.75, 3.05) is 0 Å². The molecule has 1 rings (SSSR count). The Hall–Kier alpha value is -0.440. The lowest BCUT2D eigenvalue weighted by Crippen LogP contribution is -2.18. The molecule has 0 heterocycles. The van der Waals surface area contributed by atoms with Gasteiger partial charge in [0.15, 0.2) is 0 Å². The van der Waals surface area contributed by atoms with Gasteiger partial charge in [0.25, 0.3) is 0 Å². The van der Waals surface area contributed by atoms with Crippen LogP contribution < -0.4 is 0 Å². The van der Waals surface area contributed by atoms with Gasteiger partial charge < -0.3 is 5.11 Å². The third-order valence-corrected chi connectivity index (χ3v) is 2.43. The maximum atomic E-state index is 12.8. The Bertz CT molecular complexity index is 207. The highest BCUT2D eigenvalue weighted by Gasteiger charge is 2.41. The lowest BCUT2D eigenvalue weighted by atomic mass is 9.99. The molecule has 1 N–H and O–H groups in total. The minimum absolute atomic E-state index is 0.0780. The van der Waals surface area contributed by atoms with E-state index in [4.69, 9.17) is 0 Å². The largest absolute Gasteiger partial charge is 0.389 e. The minimum atomic E-state index is -2.55. The van der Waals surface area contributed by atoms with Gasteiger partial charge in [-0.15, -0.1) is 0 Å². The molecule has 2 atom stereocenters. The van der Waals surface area contributed by atoms with Crippen LogP contribution in [0.1, 0.15) is 33.1 Å². The monoisotopic (exact) mass is 190 g/mol. The van der Waals surface area contributed by atoms with Crippen LogP contribution in [0.5, 0.6) is 0 Å². The second-order valence-corrected chi connectivity index (χ2v) is 4.09. The van der Waals surface area contributed by atoms with Crippen molar-refractivity contribution < 1.29 is 13.9 Å². The molecule has 1 fully saturated rings. The summed E-state index contributed by atoms with van der Waals surface area (Å²) in [6.07, 6.45) is 1.14. The highest BCUT2D eigenvalue weighted by molar-refractivity contribution is 5.02. The van der Waals surface area contributed by atoms with Gasteiger partial charge in [0.05, 0.1) is 6.10 Å². The Morgan fingerprint density at radius 2 is 2.15 bits per heavy atom. The van der Waals surface area contributed by atoms with Crippen molar-refractivity contribution in [1.82, 2.24) is 0 Å². The Balaban J connectivity index is 2.51. The molecule has 0 aliphatic heterocycles. The second kappa shape index (κ2) is 3.74. The van der Waals surface area contributed by atoms with E-state index >= 15 is 0 Å². The van der Waals surface area contributed by atoms with Gasteiger partial charge in [-0.3, -0.25) is 0 Å². The summed E-state index contributed by atoms with van der Waals surface area (Å²) in [4.78, 5) is 0. The molecule has 1 aliphatic rings. The smallest absolute Gasteiger partial charge is 0.248 e. The molecule has 0 spiro atoms. The highest BCUT2D eigenvalue weighted by atomic mass is 19.3. The standard InChI is InChI=1S/C10H16F2O/c1-7(2)5-9(13)8-3-4-10(11,12)6-8/h5,8-9,13H,3-4,6H2,1-2H3. The number of hydrogen-bond acceptors (Lipinski definition) is 1. The zero-order valence-corrected chi connectivity index (χ0v) is 8.06. The number of halogens is 2. The van der Waals surface area contributed by atoms with Crippen LogP contribution in [-0.4, -0.2) is 17.1 Å². The van der Waals surface area contributed by atoms with E-state index in [0.717, 1.165) is 5.57 Å². The van der Waals surface area contributed by atoms with Crippen LogP contribution in [-0.2, 0) is 0 Å². The number of rotatable bonds is 2. The Kier molecular flexibility index (Phi) is 3.06. The molecule has 1 saturated carbocycles. The number of aliphatic hydroxyl groups is 1. The van der Waals surface area contributed by atoms with Crippen molar-refractivity contribution in [1.29, 1.82) is 0 Å². The van der Waals surface area contributed by atoms with Crippen LogP contribution in [0, 0.1) is 5.92 Å². The Morgan fingerprint density at radius 1 is 1.54 bits per heavy atom. The number of alkyl halides is 2.